The van der Waals surface area contributed by atoms with Crippen LogP contribution in [0.2, 0.25) is 5.02 Å². The molecule has 1 amide bonds. The molecule has 25 heavy (non-hydrogen) atoms. The molecule has 0 bridgehead atoms. The van der Waals surface area contributed by atoms with E-state index in [1.165, 1.54) is 6.07 Å². The average Bonchev–Trinajstić information content (AvgIpc) is 3.04. The maximum absolute atomic E-state index is 14.2. The summed E-state index contributed by atoms with van der Waals surface area (Å²) in [6.45, 7) is 0.699. The lowest BCUT2D eigenvalue weighted by molar-refractivity contribution is 0.0736. The van der Waals surface area contributed by atoms with Gasteiger partial charge in [0.1, 0.15) is 5.82 Å². The van der Waals surface area contributed by atoms with Gasteiger partial charge in [-0.05, 0) is 49.1 Å². The van der Waals surface area contributed by atoms with Crippen LogP contribution in [-0.4, -0.2) is 37.5 Å². The lowest BCUT2D eigenvalue weighted by Crippen LogP contribution is -2.37. The van der Waals surface area contributed by atoms with Crippen molar-refractivity contribution in [1.82, 2.24) is 4.90 Å². The van der Waals surface area contributed by atoms with E-state index in [2.05, 4.69) is 0 Å². The Labute approximate surface area is 153 Å². The van der Waals surface area contributed by atoms with Crippen LogP contribution in [0.25, 0.3) is 0 Å². The van der Waals surface area contributed by atoms with Crippen LogP contribution in [0.15, 0.2) is 42.5 Å². The second-order valence-corrected chi connectivity index (χ2v) is 7.06. The standard InChI is InChI=1S/C20H22ClFN2O/c1-23(2)19-10-9-15(13-18(19)22)20(25)24-11-5-7-16(24)12-14-6-3-4-8-17(14)21/h3-4,6,8-10,13,16H,5,7,11-12H2,1-2H3. The Morgan fingerprint density at radius 1 is 1.28 bits per heavy atom. The van der Waals surface area contributed by atoms with Gasteiger partial charge in [-0.2, -0.15) is 0 Å². The van der Waals surface area contributed by atoms with E-state index >= 15 is 0 Å². The smallest absolute Gasteiger partial charge is 0.254 e. The van der Waals surface area contributed by atoms with E-state index in [9.17, 15) is 9.18 Å². The number of carbonyl (C=O) groups is 1. The molecule has 0 N–H and O–H groups in total. The first kappa shape index (κ1) is 17.7. The zero-order chi connectivity index (χ0) is 18.0. The number of amides is 1. The van der Waals surface area contributed by atoms with Gasteiger partial charge in [0.15, 0.2) is 0 Å². The summed E-state index contributed by atoms with van der Waals surface area (Å²) in [5.41, 5.74) is 1.92. The largest absolute Gasteiger partial charge is 0.375 e. The highest BCUT2D eigenvalue weighted by atomic mass is 35.5. The third kappa shape index (κ3) is 3.79. The zero-order valence-corrected chi connectivity index (χ0v) is 15.3. The molecule has 0 radical (unpaired) electrons. The Balaban J connectivity index is 1.79. The summed E-state index contributed by atoms with van der Waals surface area (Å²) < 4.78 is 14.2. The minimum absolute atomic E-state index is 0.101. The normalized spacial score (nSPS) is 17.0. The van der Waals surface area contributed by atoms with Gasteiger partial charge in [0.05, 0.1) is 5.69 Å². The lowest BCUT2D eigenvalue weighted by Gasteiger charge is -2.25. The molecule has 1 unspecified atom stereocenters. The SMILES string of the molecule is CN(C)c1ccc(C(=O)N2CCCC2Cc2ccccc2Cl)cc1F. The molecule has 1 atom stereocenters. The summed E-state index contributed by atoms with van der Waals surface area (Å²) >= 11 is 6.26. The van der Waals surface area contributed by atoms with Gasteiger partial charge in [-0.25, -0.2) is 4.39 Å². The second-order valence-electron chi connectivity index (χ2n) is 6.65. The van der Waals surface area contributed by atoms with Gasteiger partial charge in [-0.15, -0.1) is 0 Å². The molecule has 0 aromatic heterocycles. The predicted octanol–water partition coefficient (Wildman–Crippen LogP) is 4.39. The molecule has 2 aromatic rings. The molecule has 0 saturated carbocycles. The maximum Gasteiger partial charge on any atom is 0.254 e. The van der Waals surface area contributed by atoms with Crippen LogP contribution in [0.3, 0.4) is 0 Å². The molecule has 1 fully saturated rings. The highest BCUT2D eigenvalue weighted by Crippen LogP contribution is 2.27. The number of likely N-dealkylation sites (tertiary alicyclic amines) is 1. The van der Waals surface area contributed by atoms with Crippen LogP contribution in [-0.2, 0) is 6.42 Å². The van der Waals surface area contributed by atoms with Crippen LogP contribution < -0.4 is 4.90 Å². The van der Waals surface area contributed by atoms with Gasteiger partial charge in [0.25, 0.3) is 5.91 Å². The van der Waals surface area contributed by atoms with Crippen molar-refractivity contribution < 1.29 is 9.18 Å². The Morgan fingerprint density at radius 2 is 2.04 bits per heavy atom. The average molecular weight is 361 g/mol. The summed E-state index contributed by atoms with van der Waals surface area (Å²) in [6, 6.07) is 12.5. The molecule has 2 aromatic carbocycles. The number of hydrogen-bond acceptors (Lipinski definition) is 2. The molecule has 1 saturated heterocycles. The fourth-order valence-corrected chi connectivity index (χ4v) is 3.61. The molecule has 0 spiro atoms. The van der Waals surface area contributed by atoms with Gasteiger partial charge in [-0.3, -0.25) is 4.79 Å². The first-order valence-electron chi connectivity index (χ1n) is 8.48. The van der Waals surface area contributed by atoms with E-state index in [4.69, 9.17) is 11.6 Å². The third-order valence-corrected chi connectivity index (χ3v) is 5.10. The van der Waals surface area contributed by atoms with Gasteiger partial charge in [0, 0.05) is 37.3 Å². The van der Waals surface area contributed by atoms with Crippen LogP contribution >= 0.6 is 11.6 Å². The molecule has 3 nitrogen and oxygen atoms in total. The molecule has 3 rings (SSSR count). The van der Waals surface area contributed by atoms with Gasteiger partial charge >= 0.3 is 0 Å². The minimum Gasteiger partial charge on any atom is -0.375 e. The molecular weight excluding hydrogens is 339 g/mol. The molecule has 5 heteroatoms. The number of nitrogens with zero attached hydrogens (tertiary/aromatic N) is 2. The molecule has 1 aliphatic heterocycles. The summed E-state index contributed by atoms with van der Waals surface area (Å²) in [5.74, 6) is -0.489. The van der Waals surface area contributed by atoms with Crippen molar-refractivity contribution in [3.05, 3.63) is 64.4 Å². The van der Waals surface area contributed by atoms with E-state index in [-0.39, 0.29) is 17.8 Å². The topological polar surface area (TPSA) is 23.6 Å². The zero-order valence-electron chi connectivity index (χ0n) is 14.5. The number of carbonyl (C=O) groups excluding carboxylic acids is 1. The monoisotopic (exact) mass is 360 g/mol. The maximum atomic E-state index is 14.2. The third-order valence-electron chi connectivity index (χ3n) is 4.73. The Hall–Kier alpha value is -2.07. The van der Waals surface area contributed by atoms with E-state index in [1.807, 2.05) is 29.2 Å². The van der Waals surface area contributed by atoms with Crippen molar-refractivity contribution in [3.63, 3.8) is 0 Å². The summed E-state index contributed by atoms with van der Waals surface area (Å²) in [6.07, 6.45) is 2.62. The molecule has 132 valence electrons. The first-order chi connectivity index (χ1) is 12.0. The van der Waals surface area contributed by atoms with Crippen molar-refractivity contribution in [3.8, 4) is 0 Å². The lowest BCUT2D eigenvalue weighted by atomic mass is 10.0. The highest BCUT2D eigenvalue weighted by Gasteiger charge is 2.30. The molecule has 0 aliphatic carbocycles. The highest BCUT2D eigenvalue weighted by molar-refractivity contribution is 6.31. The summed E-state index contributed by atoms with van der Waals surface area (Å²) in [4.78, 5) is 16.4. The van der Waals surface area contributed by atoms with E-state index in [0.29, 0.717) is 17.8 Å². The number of halogens is 2. The number of anilines is 1. The van der Waals surface area contributed by atoms with Crippen molar-refractivity contribution >= 4 is 23.2 Å². The van der Waals surface area contributed by atoms with Gasteiger partial charge < -0.3 is 9.80 Å². The van der Waals surface area contributed by atoms with Crippen molar-refractivity contribution in [1.29, 1.82) is 0 Å². The number of benzene rings is 2. The van der Waals surface area contributed by atoms with Gasteiger partial charge in [0.2, 0.25) is 0 Å². The van der Waals surface area contributed by atoms with Crippen LogP contribution in [0.5, 0.6) is 0 Å². The molecular formula is C20H22ClFN2O. The van der Waals surface area contributed by atoms with Crippen LogP contribution in [0.1, 0.15) is 28.8 Å². The van der Waals surface area contributed by atoms with E-state index in [0.717, 1.165) is 29.8 Å². The van der Waals surface area contributed by atoms with Crippen LogP contribution in [0.4, 0.5) is 10.1 Å². The quantitative estimate of drug-likeness (QED) is 0.807. The van der Waals surface area contributed by atoms with Crippen LogP contribution in [0, 0.1) is 5.82 Å². The first-order valence-corrected chi connectivity index (χ1v) is 8.86. The Kier molecular flexibility index (Phi) is 5.28. The fraction of sp³-hybridized carbons (Fsp3) is 0.350. The van der Waals surface area contributed by atoms with Crippen molar-refractivity contribution in [2.24, 2.45) is 0 Å². The number of rotatable bonds is 4. The van der Waals surface area contributed by atoms with Crippen molar-refractivity contribution in [2.75, 3.05) is 25.5 Å². The number of hydrogen-bond donors (Lipinski definition) is 0. The summed E-state index contributed by atoms with van der Waals surface area (Å²) in [5, 5.41) is 0.725. The minimum atomic E-state index is -0.377. The molecule has 1 heterocycles. The predicted molar refractivity (Wildman–Crippen MR) is 99.9 cm³/mol. The second kappa shape index (κ2) is 7.44. The fourth-order valence-electron chi connectivity index (χ4n) is 3.40. The summed E-state index contributed by atoms with van der Waals surface area (Å²) in [7, 11) is 3.56. The van der Waals surface area contributed by atoms with Crippen molar-refractivity contribution in [2.45, 2.75) is 25.3 Å². The van der Waals surface area contributed by atoms with Gasteiger partial charge in [-0.1, -0.05) is 29.8 Å². The van der Waals surface area contributed by atoms with E-state index in [1.54, 1.807) is 31.1 Å². The van der Waals surface area contributed by atoms with E-state index < -0.39 is 0 Å². The Morgan fingerprint density at radius 3 is 2.72 bits per heavy atom. The molecule has 1 aliphatic rings. The Bertz CT molecular complexity index is 778.